The summed E-state index contributed by atoms with van der Waals surface area (Å²) < 4.78 is 5.39. The summed E-state index contributed by atoms with van der Waals surface area (Å²) in [6, 6.07) is 0. The van der Waals surface area contributed by atoms with E-state index in [0.29, 0.717) is 13.2 Å². The number of carboxylic acid groups (broad SMARTS) is 1. The molecule has 1 aliphatic rings. The highest BCUT2D eigenvalue weighted by molar-refractivity contribution is 5.80. The largest absolute Gasteiger partial charge is 0.481 e. The molecule has 5 heteroatoms. The van der Waals surface area contributed by atoms with E-state index < -0.39 is 5.97 Å². The van der Waals surface area contributed by atoms with E-state index in [2.05, 4.69) is 5.32 Å². The van der Waals surface area contributed by atoms with E-state index in [0.717, 1.165) is 18.9 Å². The first-order chi connectivity index (χ1) is 7.68. The van der Waals surface area contributed by atoms with E-state index in [9.17, 15) is 9.59 Å². The zero-order chi connectivity index (χ0) is 11.8. The summed E-state index contributed by atoms with van der Waals surface area (Å²) in [5.41, 5.74) is 0. The van der Waals surface area contributed by atoms with Gasteiger partial charge in [0.15, 0.2) is 0 Å². The maximum absolute atomic E-state index is 11.1. The molecule has 1 aliphatic carbocycles. The lowest BCUT2D eigenvalue weighted by Gasteiger charge is -2.05. The second-order valence-corrected chi connectivity index (χ2v) is 4.12. The molecule has 0 unspecified atom stereocenters. The molecule has 0 spiro atoms. The summed E-state index contributed by atoms with van der Waals surface area (Å²) in [5, 5.41) is 11.0. The van der Waals surface area contributed by atoms with Crippen LogP contribution in [0, 0.1) is 5.92 Å². The monoisotopic (exact) mass is 229 g/mol. The average Bonchev–Trinajstić information content (AvgIpc) is 3.04. The zero-order valence-electron chi connectivity index (χ0n) is 9.41. The van der Waals surface area contributed by atoms with Gasteiger partial charge in [0.25, 0.3) is 0 Å². The lowest BCUT2D eigenvalue weighted by atomic mass is 10.3. The highest BCUT2D eigenvalue weighted by atomic mass is 16.5. The molecule has 1 saturated carbocycles. The van der Waals surface area contributed by atoms with E-state index in [-0.39, 0.29) is 18.7 Å². The minimum Gasteiger partial charge on any atom is -0.481 e. The van der Waals surface area contributed by atoms with E-state index in [1.165, 1.54) is 12.8 Å². The van der Waals surface area contributed by atoms with Crippen molar-refractivity contribution in [3.05, 3.63) is 0 Å². The number of amides is 1. The van der Waals surface area contributed by atoms with Gasteiger partial charge in [-0.2, -0.15) is 0 Å². The molecule has 0 radical (unpaired) electrons. The molecule has 2 N–H and O–H groups in total. The van der Waals surface area contributed by atoms with Crippen LogP contribution < -0.4 is 5.32 Å². The fourth-order valence-corrected chi connectivity index (χ4v) is 1.25. The van der Waals surface area contributed by atoms with Crippen molar-refractivity contribution in [3.8, 4) is 0 Å². The third-order valence-corrected chi connectivity index (χ3v) is 2.40. The van der Waals surface area contributed by atoms with Gasteiger partial charge in [0.1, 0.15) is 0 Å². The smallest absolute Gasteiger partial charge is 0.303 e. The van der Waals surface area contributed by atoms with Crippen LogP contribution in [0.1, 0.15) is 32.1 Å². The standard InChI is InChI=1S/C11H19NO4/c13-10(4-5-11(14)15)12-6-1-7-16-8-9-2-3-9/h9H,1-8H2,(H,12,13)(H,14,15). The van der Waals surface area contributed by atoms with Crippen LogP contribution >= 0.6 is 0 Å². The van der Waals surface area contributed by atoms with Gasteiger partial charge < -0.3 is 15.2 Å². The van der Waals surface area contributed by atoms with Gasteiger partial charge in [-0.3, -0.25) is 9.59 Å². The summed E-state index contributed by atoms with van der Waals surface area (Å²) >= 11 is 0. The summed E-state index contributed by atoms with van der Waals surface area (Å²) in [7, 11) is 0. The molecule has 0 aromatic carbocycles. The van der Waals surface area contributed by atoms with Crippen molar-refractivity contribution in [1.82, 2.24) is 5.32 Å². The SMILES string of the molecule is O=C(O)CCC(=O)NCCCOCC1CC1. The molecule has 1 amide bonds. The number of carbonyl (C=O) groups is 2. The predicted molar refractivity (Wildman–Crippen MR) is 58.0 cm³/mol. The quantitative estimate of drug-likeness (QED) is 0.573. The Hall–Kier alpha value is -1.10. The molecular formula is C11H19NO4. The Morgan fingerprint density at radius 2 is 2.06 bits per heavy atom. The van der Waals surface area contributed by atoms with E-state index >= 15 is 0 Å². The van der Waals surface area contributed by atoms with Crippen molar-refractivity contribution >= 4 is 11.9 Å². The van der Waals surface area contributed by atoms with E-state index in [1.54, 1.807) is 0 Å². The molecule has 0 aliphatic heterocycles. The predicted octanol–water partition coefficient (Wildman–Crippen LogP) is 0.784. The maximum Gasteiger partial charge on any atom is 0.303 e. The zero-order valence-corrected chi connectivity index (χ0v) is 9.41. The first kappa shape index (κ1) is 13.0. The van der Waals surface area contributed by atoms with Crippen LogP contribution in [0.25, 0.3) is 0 Å². The van der Waals surface area contributed by atoms with Crippen LogP contribution in [0.15, 0.2) is 0 Å². The number of hydrogen-bond donors (Lipinski definition) is 2. The van der Waals surface area contributed by atoms with Crippen LogP contribution in [-0.4, -0.2) is 36.7 Å². The average molecular weight is 229 g/mol. The molecule has 0 aromatic rings. The summed E-state index contributed by atoms with van der Waals surface area (Å²) in [6.45, 7) is 2.06. The number of ether oxygens (including phenoxy) is 1. The first-order valence-electron chi connectivity index (χ1n) is 5.74. The Labute approximate surface area is 95.2 Å². The molecule has 0 bridgehead atoms. The normalized spacial score (nSPS) is 14.8. The van der Waals surface area contributed by atoms with Crippen molar-refractivity contribution in [2.24, 2.45) is 5.92 Å². The Bertz CT molecular complexity index is 238. The third kappa shape index (κ3) is 7.23. The Morgan fingerprint density at radius 1 is 1.31 bits per heavy atom. The van der Waals surface area contributed by atoms with Gasteiger partial charge in [0.2, 0.25) is 5.91 Å². The topological polar surface area (TPSA) is 75.6 Å². The maximum atomic E-state index is 11.1. The molecule has 0 saturated heterocycles. The van der Waals surface area contributed by atoms with Gasteiger partial charge in [-0.05, 0) is 25.2 Å². The number of nitrogens with one attached hydrogen (secondary N) is 1. The van der Waals surface area contributed by atoms with Crippen molar-refractivity contribution < 1.29 is 19.4 Å². The van der Waals surface area contributed by atoms with Crippen LogP contribution in [0.3, 0.4) is 0 Å². The van der Waals surface area contributed by atoms with E-state index in [4.69, 9.17) is 9.84 Å². The number of carboxylic acids is 1. The summed E-state index contributed by atoms with van der Waals surface area (Å²) in [4.78, 5) is 21.3. The van der Waals surface area contributed by atoms with Crippen LogP contribution in [0.2, 0.25) is 0 Å². The molecule has 92 valence electrons. The molecule has 0 aromatic heterocycles. The lowest BCUT2D eigenvalue weighted by molar-refractivity contribution is -0.138. The van der Waals surface area contributed by atoms with Crippen LogP contribution in [-0.2, 0) is 14.3 Å². The molecule has 5 nitrogen and oxygen atoms in total. The van der Waals surface area contributed by atoms with E-state index in [1.807, 2.05) is 0 Å². The van der Waals surface area contributed by atoms with Crippen molar-refractivity contribution in [3.63, 3.8) is 0 Å². The van der Waals surface area contributed by atoms with Crippen molar-refractivity contribution in [1.29, 1.82) is 0 Å². The van der Waals surface area contributed by atoms with Gasteiger partial charge in [-0.15, -0.1) is 0 Å². The molecule has 1 rings (SSSR count). The highest BCUT2D eigenvalue weighted by Gasteiger charge is 2.20. The lowest BCUT2D eigenvalue weighted by Crippen LogP contribution is -2.25. The van der Waals surface area contributed by atoms with Crippen LogP contribution in [0.4, 0.5) is 0 Å². The second kappa shape index (κ2) is 7.22. The van der Waals surface area contributed by atoms with Crippen molar-refractivity contribution in [2.45, 2.75) is 32.1 Å². The Morgan fingerprint density at radius 3 is 2.69 bits per heavy atom. The van der Waals surface area contributed by atoms with Gasteiger partial charge in [-0.25, -0.2) is 0 Å². The number of aliphatic carboxylic acids is 1. The minimum absolute atomic E-state index is 0.0538. The summed E-state index contributed by atoms with van der Waals surface area (Å²) in [6.07, 6.45) is 3.30. The molecular weight excluding hydrogens is 210 g/mol. The van der Waals surface area contributed by atoms with Gasteiger partial charge in [0.05, 0.1) is 6.42 Å². The van der Waals surface area contributed by atoms with Gasteiger partial charge in [-0.1, -0.05) is 0 Å². The molecule has 0 heterocycles. The van der Waals surface area contributed by atoms with Crippen LogP contribution in [0.5, 0.6) is 0 Å². The minimum atomic E-state index is -0.942. The second-order valence-electron chi connectivity index (χ2n) is 4.12. The Balaban J connectivity index is 1.81. The van der Waals surface area contributed by atoms with Crippen molar-refractivity contribution in [2.75, 3.05) is 19.8 Å². The molecule has 0 atom stereocenters. The number of hydrogen-bond acceptors (Lipinski definition) is 3. The molecule has 16 heavy (non-hydrogen) atoms. The fourth-order valence-electron chi connectivity index (χ4n) is 1.25. The van der Waals surface area contributed by atoms with Gasteiger partial charge in [0, 0.05) is 26.2 Å². The highest BCUT2D eigenvalue weighted by Crippen LogP contribution is 2.28. The number of carbonyl (C=O) groups excluding carboxylic acids is 1. The fraction of sp³-hybridized carbons (Fsp3) is 0.818. The Kier molecular flexibility index (Phi) is 5.85. The summed E-state index contributed by atoms with van der Waals surface area (Å²) in [5.74, 6) is -0.377. The van der Waals surface area contributed by atoms with Gasteiger partial charge >= 0.3 is 5.97 Å². The number of rotatable bonds is 9. The third-order valence-electron chi connectivity index (χ3n) is 2.40. The first-order valence-corrected chi connectivity index (χ1v) is 5.74. The molecule has 1 fully saturated rings.